The van der Waals surface area contributed by atoms with Crippen molar-refractivity contribution in [3.63, 3.8) is 0 Å². The van der Waals surface area contributed by atoms with Gasteiger partial charge in [-0.15, -0.1) is 12.4 Å². The number of ketones is 1. The third-order valence-corrected chi connectivity index (χ3v) is 4.35. The van der Waals surface area contributed by atoms with Crippen LogP contribution in [-0.2, 0) is 9.59 Å². The molecule has 0 aromatic heterocycles. The molecular weight excluding hydrogens is 406 g/mol. The summed E-state index contributed by atoms with van der Waals surface area (Å²) in [5, 5.41) is 3.07. The molecule has 0 heterocycles. The van der Waals surface area contributed by atoms with Gasteiger partial charge in [0.05, 0.1) is 6.54 Å². The molecule has 30 heavy (non-hydrogen) atoms. The van der Waals surface area contributed by atoms with E-state index in [1.54, 1.807) is 6.07 Å². The number of carbonyl (C=O) groups excluding carboxylic acids is 3. The number of hydrogen-bond acceptors (Lipinski definition) is 6. The van der Waals surface area contributed by atoms with E-state index in [1.165, 1.54) is 12.1 Å². The average molecular weight is 442 g/mol. The van der Waals surface area contributed by atoms with Gasteiger partial charge >= 0.3 is 11.9 Å². The lowest BCUT2D eigenvalue weighted by Gasteiger charge is -2.13. The van der Waals surface area contributed by atoms with Gasteiger partial charge in [-0.3, -0.25) is 14.4 Å². The number of hydrogen-bond donors (Lipinski definition) is 1. The molecule has 1 rings (SSSR count). The molecule has 0 radical (unpaired) electrons. The van der Waals surface area contributed by atoms with Crippen LogP contribution in [0.15, 0.2) is 18.2 Å². The fourth-order valence-corrected chi connectivity index (χ4v) is 2.63. The first-order chi connectivity index (χ1) is 13.9. The Balaban J connectivity index is 0.00000841. The Morgan fingerprint density at radius 1 is 0.867 bits per heavy atom. The molecule has 0 spiro atoms. The van der Waals surface area contributed by atoms with Gasteiger partial charge in [-0.1, -0.05) is 53.4 Å². The third kappa shape index (κ3) is 11.3. The summed E-state index contributed by atoms with van der Waals surface area (Å²) < 4.78 is 10.9. The minimum absolute atomic E-state index is 0. The Morgan fingerprint density at radius 2 is 1.40 bits per heavy atom. The maximum absolute atomic E-state index is 12.4. The Morgan fingerprint density at radius 3 is 1.90 bits per heavy atom. The number of ether oxygens (including phenoxy) is 2. The second-order valence-electron chi connectivity index (χ2n) is 7.48. The lowest BCUT2D eigenvalue weighted by atomic mass is 10.1. The number of esters is 2. The normalized spacial score (nSPS) is 10.4. The highest BCUT2D eigenvalue weighted by Gasteiger charge is 2.17. The summed E-state index contributed by atoms with van der Waals surface area (Å²) in [6.45, 7) is 8.21. The van der Waals surface area contributed by atoms with Crippen LogP contribution in [0.25, 0.3) is 0 Å². The Bertz CT molecular complexity index is 676. The first-order valence-electron chi connectivity index (χ1n) is 10.7. The second-order valence-corrected chi connectivity index (χ2v) is 7.48. The van der Waals surface area contributed by atoms with E-state index in [9.17, 15) is 14.4 Å². The van der Waals surface area contributed by atoms with E-state index in [0.29, 0.717) is 12.0 Å². The van der Waals surface area contributed by atoms with Crippen molar-refractivity contribution in [2.45, 2.75) is 85.1 Å². The standard InChI is InChI=1S/C23H35NO5.ClH/c1-5-7-9-11-22(26)28-20-14-13-18(19(25)16-24-17(3)4)15-21(20)29-23(27)12-10-8-6-2;/h13-15,17,24H,5-12,16H2,1-4H3;1H. The highest BCUT2D eigenvalue weighted by Crippen LogP contribution is 2.30. The molecule has 170 valence electrons. The van der Waals surface area contributed by atoms with Gasteiger partial charge in [0.25, 0.3) is 0 Å². The first kappa shape index (κ1) is 28.1. The topological polar surface area (TPSA) is 81.7 Å². The van der Waals surface area contributed by atoms with Crippen LogP contribution in [0.5, 0.6) is 11.5 Å². The van der Waals surface area contributed by atoms with E-state index in [0.717, 1.165) is 38.5 Å². The van der Waals surface area contributed by atoms with Crippen molar-refractivity contribution in [1.29, 1.82) is 0 Å². The molecule has 0 amide bonds. The maximum Gasteiger partial charge on any atom is 0.311 e. The predicted molar refractivity (Wildman–Crippen MR) is 121 cm³/mol. The van der Waals surface area contributed by atoms with Gasteiger partial charge in [-0.25, -0.2) is 0 Å². The van der Waals surface area contributed by atoms with E-state index < -0.39 is 5.97 Å². The van der Waals surface area contributed by atoms with Crippen LogP contribution in [-0.4, -0.2) is 30.3 Å². The SMILES string of the molecule is CCCCCC(=O)Oc1ccc(C(=O)CNC(C)C)cc1OC(=O)CCCCC.Cl. The van der Waals surface area contributed by atoms with Gasteiger partial charge in [0.2, 0.25) is 0 Å². The molecule has 1 N–H and O–H groups in total. The molecule has 0 aliphatic rings. The van der Waals surface area contributed by atoms with Crippen LogP contribution < -0.4 is 14.8 Å². The summed E-state index contributed by atoms with van der Waals surface area (Å²) in [6.07, 6.45) is 5.97. The van der Waals surface area contributed by atoms with Crippen molar-refractivity contribution in [3.05, 3.63) is 23.8 Å². The van der Waals surface area contributed by atoms with Crippen LogP contribution in [0.3, 0.4) is 0 Å². The molecule has 0 saturated carbocycles. The van der Waals surface area contributed by atoms with Crippen molar-refractivity contribution in [2.75, 3.05) is 6.54 Å². The van der Waals surface area contributed by atoms with Gasteiger partial charge in [0.1, 0.15) is 0 Å². The number of nitrogens with one attached hydrogen (secondary N) is 1. The van der Waals surface area contributed by atoms with Crippen LogP contribution in [0.4, 0.5) is 0 Å². The molecule has 0 saturated heterocycles. The van der Waals surface area contributed by atoms with Crippen LogP contribution in [0.2, 0.25) is 0 Å². The molecule has 1 aromatic carbocycles. The first-order valence-corrected chi connectivity index (χ1v) is 10.7. The molecule has 7 heteroatoms. The highest BCUT2D eigenvalue weighted by atomic mass is 35.5. The largest absolute Gasteiger partial charge is 0.423 e. The zero-order valence-electron chi connectivity index (χ0n) is 18.6. The number of rotatable bonds is 14. The second kappa shape index (κ2) is 15.9. The van der Waals surface area contributed by atoms with Gasteiger partial charge in [-0.05, 0) is 31.0 Å². The van der Waals surface area contributed by atoms with Gasteiger partial charge < -0.3 is 14.8 Å². The van der Waals surface area contributed by atoms with Crippen LogP contribution in [0, 0.1) is 0 Å². The molecule has 0 atom stereocenters. The Labute approximate surface area is 186 Å². The summed E-state index contributed by atoms with van der Waals surface area (Å²) in [5.74, 6) is -0.605. The van der Waals surface area contributed by atoms with Gasteiger partial charge in [0.15, 0.2) is 17.3 Å². The zero-order chi connectivity index (χ0) is 21.6. The molecule has 0 unspecified atom stereocenters. The van der Waals surface area contributed by atoms with E-state index in [2.05, 4.69) is 19.2 Å². The third-order valence-electron chi connectivity index (χ3n) is 4.35. The lowest BCUT2D eigenvalue weighted by Crippen LogP contribution is -2.29. The van der Waals surface area contributed by atoms with Gasteiger partial charge in [0, 0.05) is 24.4 Å². The monoisotopic (exact) mass is 441 g/mol. The fourth-order valence-electron chi connectivity index (χ4n) is 2.63. The quantitative estimate of drug-likeness (QED) is 0.183. The van der Waals surface area contributed by atoms with Crippen molar-refractivity contribution in [1.82, 2.24) is 5.32 Å². The number of Topliss-reactive ketones (excluding diaryl/α,β-unsaturated/α-hetero) is 1. The Hall–Kier alpha value is -1.92. The minimum atomic E-state index is -0.397. The van der Waals surface area contributed by atoms with Crippen LogP contribution >= 0.6 is 12.4 Å². The Kier molecular flexibility index (Phi) is 14.8. The minimum Gasteiger partial charge on any atom is -0.423 e. The number of carbonyl (C=O) groups is 3. The van der Waals surface area contributed by atoms with E-state index >= 15 is 0 Å². The van der Waals surface area contributed by atoms with Crippen molar-refractivity contribution < 1.29 is 23.9 Å². The van der Waals surface area contributed by atoms with E-state index in [4.69, 9.17) is 9.47 Å². The maximum atomic E-state index is 12.4. The molecule has 0 aliphatic carbocycles. The number of unbranched alkanes of at least 4 members (excludes halogenated alkanes) is 4. The molecule has 0 fully saturated rings. The van der Waals surface area contributed by atoms with E-state index in [-0.39, 0.29) is 54.7 Å². The summed E-state index contributed by atoms with van der Waals surface area (Å²) in [6, 6.07) is 4.78. The summed E-state index contributed by atoms with van der Waals surface area (Å²) in [5.41, 5.74) is 0.403. The van der Waals surface area contributed by atoms with Gasteiger partial charge in [-0.2, -0.15) is 0 Å². The molecule has 0 aliphatic heterocycles. The fraction of sp³-hybridized carbons (Fsp3) is 0.609. The van der Waals surface area contributed by atoms with Crippen molar-refractivity contribution in [2.24, 2.45) is 0 Å². The van der Waals surface area contributed by atoms with E-state index in [1.807, 2.05) is 13.8 Å². The summed E-state index contributed by atoms with van der Waals surface area (Å²) in [7, 11) is 0. The van der Waals surface area contributed by atoms with Crippen molar-refractivity contribution in [3.8, 4) is 11.5 Å². The lowest BCUT2D eigenvalue weighted by molar-refractivity contribution is -0.137. The smallest absolute Gasteiger partial charge is 0.311 e. The average Bonchev–Trinajstić information content (AvgIpc) is 2.67. The number of halogens is 1. The molecule has 1 aromatic rings. The summed E-state index contributed by atoms with van der Waals surface area (Å²) >= 11 is 0. The number of benzene rings is 1. The zero-order valence-corrected chi connectivity index (χ0v) is 19.4. The molecular formula is C23H36ClNO5. The van der Waals surface area contributed by atoms with Crippen molar-refractivity contribution >= 4 is 30.1 Å². The highest BCUT2D eigenvalue weighted by molar-refractivity contribution is 5.98. The summed E-state index contributed by atoms with van der Waals surface area (Å²) in [4.78, 5) is 36.7. The van der Waals surface area contributed by atoms with Crippen LogP contribution in [0.1, 0.15) is 89.4 Å². The molecule has 0 bridgehead atoms. The predicted octanol–water partition coefficient (Wildman–Crippen LogP) is 5.26. The molecule has 6 nitrogen and oxygen atoms in total.